The van der Waals surface area contributed by atoms with Gasteiger partial charge in [0.1, 0.15) is 0 Å². The smallest absolute Gasteiger partial charge is 0.223 e. The van der Waals surface area contributed by atoms with Gasteiger partial charge in [-0.05, 0) is 25.7 Å². The molecule has 2 aliphatic heterocycles. The highest BCUT2D eigenvalue weighted by Crippen LogP contribution is 2.21. The lowest BCUT2D eigenvalue weighted by molar-refractivity contribution is -0.131. The predicted octanol–water partition coefficient (Wildman–Crippen LogP) is 1.37. The first-order valence-electron chi connectivity index (χ1n) is 8.52. The van der Waals surface area contributed by atoms with Gasteiger partial charge in [0.25, 0.3) is 0 Å². The molecule has 2 fully saturated rings. The standard InChI is InChI=1S/C16H26N4O3/c1-12-17-16(18-23-12)11-20(13(2)21)14-6-7-19(9-14)10-15-5-3-4-8-22-15/h14-15H,3-11H2,1-2H3/t14-,15-/m0/s1. The van der Waals surface area contributed by atoms with E-state index in [-0.39, 0.29) is 11.9 Å². The molecule has 1 amide bonds. The molecule has 0 aliphatic carbocycles. The third kappa shape index (κ3) is 4.29. The maximum atomic E-state index is 12.0. The van der Waals surface area contributed by atoms with Crippen LogP contribution in [0, 0.1) is 6.92 Å². The van der Waals surface area contributed by atoms with E-state index >= 15 is 0 Å². The second-order valence-electron chi connectivity index (χ2n) is 6.57. The molecular formula is C16H26N4O3. The predicted molar refractivity (Wildman–Crippen MR) is 83.7 cm³/mol. The third-order valence-electron chi connectivity index (χ3n) is 4.71. The first-order valence-corrected chi connectivity index (χ1v) is 8.52. The van der Waals surface area contributed by atoms with Gasteiger partial charge in [-0.15, -0.1) is 0 Å². The Bertz CT molecular complexity index is 527. The molecule has 0 spiro atoms. The summed E-state index contributed by atoms with van der Waals surface area (Å²) in [5.41, 5.74) is 0. The molecule has 0 unspecified atom stereocenters. The van der Waals surface area contributed by atoms with Crippen molar-refractivity contribution in [2.45, 2.75) is 58.2 Å². The molecule has 3 heterocycles. The summed E-state index contributed by atoms with van der Waals surface area (Å²) in [5, 5.41) is 3.91. The van der Waals surface area contributed by atoms with E-state index in [9.17, 15) is 4.79 Å². The number of hydrogen-bond donors (Lipinski definition) is 0. The summed E-state index contributed by atoms with van der Waals surface area (Å²) >= 11 is 0. The maximum absolute atomic E-state index is 12.0. The van der Waals surface area contributed by atoms with Gasteiger partial charge in [-0.1, -0.05) is 5.16 Å². The molecule has 0 saturated carbocycles. The average molecular weight is 322 g/mol. The van der Waals surface area contributed by atoms with Crippen molar-refractivity contribution in [2.24, 2.45) is 0 Å². The van der Waals surface area contributed by atoms with E-state index in [0.29, 0.717) is 24.4 Å². The second-order valence-corrected chi connectivity index (χ2v) is 6.57. The zero-order valence-corrected chi connectivity index (χ0v) is 14.0. The van der Waals surface area contributed by atoms with Crippen LogP contribution in [-0.2, 0) is 16.1 Å². The van der Waals surface area contributed by atoms with Crippen LogP contribution >= 0.6 is 0 Å². The topological polar surface area (TPSA) is 71.7 Å². The monoisotopic (exact) mass is 322 g/mol. The molecule has 2 aliphatic rings. The molecular weight excluding hydrogens is 296 g/mol. The quantitative estimate of drug-likeness (QED) is 0.815. The lowest BCUT2D eigenvalue weighted by atomic mass is 10.1. The first kappa shape index (κ1) is 16.4. The number of carbonyl (C=O) groups excluding carboxylic acids is 1. The Morgan fingerprint density at radius 1 is 1.39 bits per heavy atom. The Morgan fingerprint density at radius 2 is 2.26 bits per heavy atom. The molecule has 2 atom stereocenters. The van der Waals surface area contributed by atoms with Gasteiger partial charge < -0.3 is 14.2 Å². The molecule has 7 heteroatoms. The minimum Gasteiger partial charge on any atom is -0.377 e. The van der Waals surface area contributed by atoms with Crippen molar-refractivity contribution in [1.82, 2.24) is 19.9 Å². The Kier molecular flexibility index (Phi) is 5.27. The van der Waals surface area contributed by atoms with Crippen LogP contribution < -0.4 is 0 Å². The van der Waals surface area contributed by atoms with Gasteiger partial charge in [0.15, 0.2) is 5.82 Å². The maximum Gasteiger partial charge on any atom is 0.223 e. The molecule has 1 aromatic rings. The van der Waals surface area contributed by atoms with Gasteiger partial charge in [0.2, 0.25) is 11.8 Å². The second kappa shape index (κ2) is 7.40. The minimum atomic E-state index is 0.0632. The zero-order valence-electron chi connectivity index (χ0n) is 14.0. The van der Waals surface area contributed by atoms with E-state index in [2.05, 4.69) is 15.0 Å². The Balaban J connectivity index is 1.55. The van der Waals surface area contributed by atoms with Crippen LogP contribution in [0.1, 0.15) is 44.3 Å². The average Bonchev–Trinajstić information content (AvgIpc) is 3.15. The van der Waals surface area contributed by atoms with Gasteiger partial charge in [-0.25, -0.2) is 0 Å². The molecule has 0 aromatic carbocycles. The Morgan fingerprint density at radius 3 is 2.91 bits per heavy atom. The van der Waals surface area contributed by atoms with Crippen molar-refractivity contribution >= 4 is 5.91 Å². The SMILES string of the molecule is CC(=O)N(Cc1noc(C)n1)[C@H]1CCN(C[C@@H]2CCCCO2)C1. The number of carbonyl (C=O) groups is 1. The number of rotatable bonds is 5. The number of aromatic nitrogens is 2. The highest BCUT2D eigenvalue weighted by Gasteiger charge is 2.31. The van der Waals surface area contributed by atoms with Crippen LogP contribution in [0.15, 0.2) is 4.52 Å². The minimum absolute atomic E-state index is 0.0632. The van der Waals surface area contributed by atoms with E-state index in [1.54, 1.807) is 13.8 Å². The Labute approximate surface area is 137 Å². The first-order chi connectivity index (χ1) is 11.1. The number of ether oxygens (including phenoxy) is 1. The van der Waals surface area contributed by atoms with Gasteiger partial charge in [-0.2, -0.15) is 4.98 Å². The Hall–Kier alpha value is -1.47. The zero-order chi connectivity index (χ0) is 16.2. The van der Waals surface area contributed by atoms with E-state index in [4.69, 9.17) is 9.26 Å². The highest BCUT2D eigenvalue weighted by atomic mass is 16.5. The number of hydrogen-bond acceptors (Lipinski definition) is 6. The summed E-state index contributed by atoms with van der Waals surface area (Å²) < 4.78 is 10.8. The van der Waals surface area contributed by atoms with Crippen LogP contribution in [0.4, 0.5) is 0 Å². The highest BCUT2D eigenvalue weighted by molar-refractivity contribution is 5.73. The number of aryl methyl sites for hydroxylation is 1. The van der Waals surface area contributed by atoms with E-state index < -0.39 is 0 Å². The molecule has 23 heavy (non-hydrogen) atoms. The molecule has 0 radical (unpaired) electrons. The largest absolute Gasteiger partial charge is 0.377 e. The van der Waals surface area contributed by atoms with Crippen molar-refractivity contribution in [3.05, 3.63) is 11.7 Å². The molecule has 0 N–H and O–H groups in total. The fourth-order valence-electron chi connectivity index (χ4n) is 3.53. The van der Waals surface area contributed by atoms with Crippen LogP contribution in [0.25, 0.3) is 0 Å². The van der Waals surface area contributed by atoms with Crippen molar-refractivity contribution in [3.63, 3.8) is 0 Å². The molecule has 1 aromatic heterocycles. The lowest BCUT2D eigenvalue weighted by Gasteiger charge is -2.29. The van der Waals surface area contributed by atoms with E-state index in [1.165, 1.54) is 12.8 Å². The van der Waals surface area contributed by atoms with Gasteiger partial charge in [-0.3, -0.25) is 9.69 Å². The van der Waals surface area contributed by atoms with Gasteiger partial charge >= 0.3 is 0 Å². The van der Waals surface area contributed by atoms with Crippen LogP contribution in [0.5, 0.6) is 0 Å². The van der Waals surface area contributed by atoms with E-state index in [1.807, 2.05) is 4.90 Å². The summed E-state index contributed by atoms with van der Waals surface area (Å²) in [5.74, 6) is 1.17. The fourth-order valence-corrected chi connectivity index (χ4v) is 3.53. The molecule has 2 saturated heterocycles. The van der Waals surface area contributed by atoms with Crippen LogP contribution in [0.2, 0.25) is 0 Å². The van der Waals surface area contributed by atoms with Crippen molar-refractivity contribution in [3.8, 4) is 0 Å². The number of likely N-dealkylation sites (tertiary alicyclic amines) is 1. The lowest BCUT2D eigenvalue weighted by Crippen LogP contribution is -2.42. The summed E-state index contributed by atoms with van der Waals surface area (Å²) in [6.07, 6.45) is 4.94. The van der Waals surface area contributed by atoms with Crippen LogP contribution in [-0.4, -0.2) is 64.2 Å². The summed E-state index contributed by atoms with van der Waals surface area (Å²) in [6, 6.07) is 0.217. The summed E-state index contributed by atoms with van der Waals surface area (Å²) in [7, 11) is 0. The number of amides is 1. The molecule has 3 rings (SSSR count). The molecule has 128 valence electrons. The third-order valence-corrected chi connectivity index (χ3v) is 4.71. The summed E-state index contributed by atoms with van der Waals surface area (Å²) in [4.78, 5) is 20.5. The molecule has 7 nitrogen and oxygen atoms in total. The van der Waals surface area contributed by atoms with Gasteiger partial charge in [0.05, 0.1) is 12.6 Å². The van der Waals surface area contributed by atoms with E-state index in [0.717, 1.165) is 39.1 Å². The van der Waals surface area contributed by atoms with Gasteiger partial charge in [0, 0.05) is 46.1 Å². The van der Waals surface area contributed by atoms with Crippen molar-refractivity contribution < 1.29 is 14.1 Å². The van der Waals surface area contributed by atoms with Crippen molar-refractivity contribution in [1.29, 1.82) is 0 Å². The summed E-state index contributed by atoms with van der Waals surface area (Å²) in [6.45, 7) is 7.57. The fraction of sp³-hybridized carbons (Fsp3) is 0.812. The number of nitrogens with zero attached hydrogens (tertiary/aromatic N) is 4. The normalized spacial score (nSPS) is 25.7. The van der Waals surface area contributed by atoms with Crippen molar-refractivity contribution in [2.75, 3.05) is 26.2 Å². The van der Waals surface area contributed by atoms with Crippen LogP contribution in [0.3, 0.4) is 0 Å². The molecule has 0 bridgehead atoms.